The van der Waals surface area contributed by atoms with Crippen molar-refractivity contribution < 1.29 is 4.79 Å². The summed E-state index contributed by atoms with van der Waals surface area (Å²) in [4.78, 5) is 12.5. The minimum atomic E-state index is -0.717. The van der Waals surface area contributed by atoms with Gasteiger partial charge in [0.15, 0.2) is 5.78 Å². The second kappa shape index (κ2) is 5.11. The molecule has 3 heteroatoms. The van der Waals surface area contributed by atoms with Gasteiger partial charge in [0.05, 0.1) is 6.07 Å². The summed E-state index contributed by atoms with van der Waals surface area (Å²) >= 11 is 5.84. The average molecular weight is 282 g/mol. The first-order chi connectivity index (χ1) is 9.70. The number of hydrogen-bond donors (Lipinski definition) is 0. The van der Waals surface area contributed by atoms with Crippen molar-refractivity contribution in [2.75, 3.05) is 0 Å². The molecule has 0 saturated carbocycles. The van der Waals surface area contributed by atoms with Gasteiger partial charge in [0, 0.05) is 10.9 Å². The molecular weight excluding hydrogens is 270 g/mol. The van der Waals surface area contributed by atoms with Gasteiger partial charge in [-0.05, 0) is 35.2 Å². The average Bonchev–Trinajstić information content (AvgIpc) is 2.43. The predicted octanol–water partition coefficient (Wildman–Crippen LogP) is 3.86. The Morgan fingerprint density at radius 2 is 1.90 bits per heavy atom. The zero-order valence-electron chi connectivity index (χ0n) is 10.7. The highest BCUT2D eigenvalue weighted by Gasteiger charge is 2.36. The number of benzene rings is 2. The Morgan fingerprint density at radius 3 is 2.55 bits per heavy atom. The quantitative estimate of drug-likeness (QED) is 0.857. The van der Waals surface area contributed by atoms with Crippen LogP contribution in [0.5, 0.6) is 0 Å². The van der Waals surface area contributed by atoms with Crippen LogP contribution < -0.4 is 0 Å². The normalized spacial score (nSPS) is 17.5. The number of carbonyl (C=O) groups excluding carboxylic acids is 1. The van der Waals surface area contributed by atoms with Crippen molar-refractivity contribution in [2.45, 2.75) is 18.3 Å². The third-order valence-electron chi connectivity index (χ3n) is 3.81. The first kappa shape index (κ1) is 12.9. The summed E-state index contributed by atoms with van der Waals surface area (Å²) in [5, 5.41) is 9.94. The number of carbonyl (C=O) groups is 1. The maximum absolute atomic E-state index is 12.5. The van der Waals surface area contributed by atoms with E-state index in [0.717, 1.165) is 12.0 Å². The van der Waals surface area contributed by atoms with E-state index in [9.17, 15) is 10.1 Å². The lowest BCUT2D eigenvalue weighted by Crippen LogP contribution is -2.29. The van der Waals surface area contributed by atoms with E-state index in [4.69, 9.17) is 11.6 Å². The number of hydrogen-bond acceptors (Lipinski definition) is 2. The Bertz CT molecular complexity index is 700. The lowest BCUT2D eigenvalue weighted by molar-refractivity contribution is -0.121. The molecule has 0 heterocycles. The van der Waals surface area contributed by atoms with Crippen molar-refractivity contribution in [1.82, 2.24) is 0 Å². The summed E-state index contributed by atoms with van der Waals surface area (Å²) in [5.74, 6) is -0.884. The summed E-state index contributed by atoms with van der Waals surface area (Å²) < 4.78 is 0. The number of nitriles is 1. The monoisotopic (exact) mass is 281 g/mol. The van der Waals surface area contributed by atoms with Crippen molar-refractivity contribution in [2.24, 2.45) is 0 Å². The van der Waals surface area contributed by atoms with Crippen molar-refractivity contribution >= 4 is 17.4 Å². The lowest BCUT2D eigenvalue weighted by atomic mass is 9.71. The second-order valence-corrected chi connectivity index (χ2v) is 5.41. The maximum Gasteiger partial charge on any atom is 0.162 e. The van der Waals surface area contributed by atoms with Crippen molar-refractivity contribution in [3.63, 3.8) is 0 Å². The zero-order valence-corrected chi connectivity index (χ0v) is 11.5. The highest BCUT2D eigenvalue weighted by Crippen LogP contribution is 2.38. The maximum atomic E-state index is 12.5. The van der Waals surface area contributed by atoms with Crippen LogP contribution in [0.3, 0.4) is 0 Å². The minimum Gasteiger partial charge on any atom is -0.297 e. The predicted molar refractivity (Wildman–Crippen MR) is 77.7 cm³/mol. The molecular formula is C17H12ClNO. The van der Waals surface area contributed by atoms with E-state index < -0.39 is 5.92 Å². The smallest absolute Gasteiger partial charge is 0.162 e. The van der Waals surface area contributed by atoms with Crippen LogP contribution in [0.4, 0.5) is 0 Å². The standard InChI is InChI=1S/C17H12ClNO/c18-13-7-5-11(6-8-13)16(10-19)17(20)15-9-12-3-1-2-4-14(12)15/h1-8,15-16H,9H2. The van der Waals surface area contributed by atoms with E-state index in [2.05, 4.69) is 6.07 Å². The molecule has 0 aromatic heterocycles. The van der Waals surface area contributed by atoms with E-state index in [1.807, 2.05) is 24.3 Å². The molecule has 0 radical (unpaired) electrons. The topological polar surface area (TPSA) is 40.9 Å². The number of halogens is 1. The summed E-state index contributed by atoms with van der Waals surface area (Å²) in [6, 6.07) is 17.0. The van der Waals surface area contributed by atoms with Crippen LogP contribution >= 0.6 is 11.6 Å². The number of nitrogens with zero attached hydrogens (tertiary/aromatic N) is 1. The van der Waals surface area contributed by atoms with Crippen LogP contribution in [0.25, 0.3) is 0 Å². The molecule has 0 bridgehead atoms. The SMILES string of the molecule is N#CC(C(=O)C1Cc2ccccc21)c1ccc(Cl)cc1. The van der Waals surface area contributed by atoms with Gasteiger partial charge in [-0.15, -0.1) is 0 Å². The molecule has 2 atom stereocenters. The Hall–Kier alpha value is -2.11. The molecule has 0 fully saturated rings. The Kier molecular flexibility index (Phi) is 3.30. The zero-order chi connectivity index (χ0) is 14.1. The molecule has 0 amide bonds. The summed E-state index contributed by atoms with van der Waals surface area (Å²) in [5.41, 5.74) is 2.98. The van der Waals surface area contributed by atoms with Crippen LogP contribution in [-0.4, -0.2) is 5.78 Å². The van der Waals surface area contributed by atoms with Gasteiger partial charge < -0.3 is 0 Å². The molecule has 2 aromatic rings. The van der Waals surface area contributed by atoms with Crippen LogP contribution in [0.2, 0.25) is 5.02 Å². The first-order valence-electron chi connectivity index (χ1n) is 6.47. The highest BCUT2D eigenvalue weighted by atomic mass is 35.5. The van der Waals surface area contributed by atoms with Crippen molar-refractivity contribution in [1.29, 1.82) is 5.26 Å². The van der Waals surface area contributed by atoms with Crippen LogP contribution in [0.15, 0.2) is 48.5 Å². The number of fused-ring (bicyclic) bond motifs is 1. The van der Waals surface area contributed by atoms with E-state index in [1.54, 1.807) is 24.3 Å². The molecule has 2 unspecified atom stereocenters. The van der Waals surface area contributed by atoms with Gasteiger partial charge in [-0.1, -0.05) is 48.0 Å². The fourth-order valence-corrected chi connectivity index (χ4v) is 2.80. The summed E-state index contributed by atoms with van der Waals surface area (Å²) in [6.45, 7) is 0. The lowest BCUT2D eigenvalue weighted by Gasteiger charge is -2.30. The molecule has 1 aliphatic rings. The van der Waals surface area contributed by atoms with E-state index >= 15 is 0 Å². The van der Waals surface area contributed by atoms with Crippen molar-refractivity contribution in [3.05, 3.63) is 70.2 Å². The van der Waals surface area contributed by atoms with Gasteiger partial charge in [0.2, 0.25) is 0 Å². The molecule has 0 saturated heterocycles. The van der Waals surface area contributed by atoms with Gasteiger partial charge in [0.25, 0.3) is 0 Å². The summed E-state index contributed by atoms with van der Waals surface area (Å²) in [6.07, 6.45) is 0.737. The Balaban J connectivity index is 1.87. The van der Waals surface area contributed by atoms with E-state index in [0.29, 0.717) is 10.6 Å². The molecule has 0 aliphatic heterocycles. The third-order valence-corrected chi connectivity index (χ3v) is 4.07. The molecule has 1 aliphatic carbocycles. The molecule has 98 valence electrons. The van der Waals surface area contributed by atoms with Gasteiger partial charge in [-0.25, -0.2) is 0 Å². The van der Waals surface area contributed by atoms with E-state index in [1.165, 1.54) is 5.56 Å². The molecule has 0 spiro atoms. The number of Topliss-reactive ketones (excluding diaryl/α,β-unsaturated/α-hetero) is 1. The van der Waals surface area contributed by atoms with E-state index in [-0.39, 0.29) is 11.7 Å². The Morgan fingerprint density at radius 1 is 1.20 bits per heavy atom. The van der Waals surface area contributed by atoms with Gasteiger partial charge in [-0.2, -0.15) is 5.26 Å². The van der Waals surface area contributed by atoms with Gasteiger partial charge >= 0.3 is 0 Å². The fraction of sp³-hybridized carbons (Fsp3) is 0.176. The third kappa shape index (κ3) is 2.11. The molecule has 20 heavy (non-hydrogen) atoms. The van der Waals surface area contributed by atoms with Crippen LogP contribution in [0.1, 0.15) is 28.5 Å². The number of rotatable bonds is 3. The second-order valence-electron chi connectivity index (χ2n) is 4.97. The molecule has 2 aromatic carbocycles. The Labute approximate surface area is 122 Å². The number of ketones is 1. The molecule has 0 N–H and O–H groups in total. The summed E-state index contributed by atoms with van der Waals surface area (Å²) in [7, 11) is 0. The minimum absolute atomic E-state index is 0.0199. The van der Waals surface area contributed by atoms with Crippen molar-refractivity contribution in [3.8, 4) is 6.07 Å². The van der Waals surface area contributed by atoms with Gasteiger partial charge in [0.1, 0.15) is 5.92 Å². The molecule has 3 rings (SSSR count). The highest BCUT2D eigenvalue weighted by molar-refractivity contribution is 6.30. The van der Waals surface area contributed by atoms with Crippen LogP contribution in [0, 0.1) is 11.3 Å². The fourth-order valence-electron chi connectivity index (χ4n) is 2.67. The van der Waals surface area contributed by atoms with Gasteiger partial charge in [-0.3, -0.25) is 4.79 Å². The first-order valence-corrected chi connectivity index (χ1v) is 6.85. The largest absolute Gasteiger partial charge is 0.297 e. The molecule has 2 nitrogen and oxygen atoms in total. The van der Waals surface area contributed by atoms with Crippen LogP contribution in [-0.2, 0) is 11.2 Å².